The maximum absolute atomic E-state index is 12.4. The first-order valence-corrected chi connectivity index (χ1v) is 8.45. The second-order valence-electron chi connectivity index (χ2n) is 6.15. The average Bonchev–Trinajstić information content (AvgIpc) is 2.67. The van der Waals surface area contributed by atoms with Gasteiger partial charge in [-0.05, 0) is 43.4 Å². The summed E-state index contributed by atoms with van der Waals surface area (Å²) in [5.41, 5.74) is 1.80. The molecule has 24 heavy (non-hydrogen) atoms. The van der Waals surface area contributed by atoms with Crippen molar-refractivity contribution in [3.63, 3.8) is 0 Å². The fourth-order valence-electron chi connectivity index (χ4n) is 2.85. The maximum atomic E-state index is 12.4. The minimum absolute atomic E-state index is 0.0423. The molecule has 2 aromatic rings. The van der Waals surface area contributed by atoms with Crippen LogP contribution in [-0.2, 0) is 6.42 Å². The molecule has 0 aromatic carbocycles. The summed E-state index contributed by atoms with van der Waals surface area (Å²) in [6.07, 6.45) is 11.2. The van der Waals surface area contributed by atoms with Crippen LogP contribution in [0.1, 0.15) is 35.2 Å². The van der Waals surface area contributed by atoms with Crippen LogP contribution in [0.2, 0.25) is 0 Å². The van der Waals surface area contributed by atoms with Gasteiger partial charge < -0.3 is 9.80 Å². The molecule has 1 aliphatic rings. The number of nitrogens with zero attached hydrogens (tertiary/aromatic N) is 5. The normalized spacial score (nSPS) is 14.5. The van der Waals surface area contributed by atoms with Gasteiger partial charge in [0.05, 0.1) is 5.56 Å². The van der Waals surface area contributed by atoms with E-state index in [1.165, 1.54) is 12.0 Å². The molecule has 2 aromatic heterocycles. The van der Waals surface area contributed by atoms with E-state index in [0.717, 1.165) is 38.9 Å². The minimum atomic E-state index is 0.0423. The Morgan fingerprint density at radius 3 is 2.46 bits per heavy atom. The topological polar surface area (TPSA) is 62.2 Å². The molecule has 0 spiro atoms. The molecular weight excluding hydrogens is 302 g/mol. The second kappa shape index (κ2) is 7.86. The number of amides is 1. The van der Waals surface area contributed by atoms with Crippen LogP contribution in [0.5, 0.6) is 0 Å². The highest BCUT2D eigenvalue weighted by atomic mass is 16.2. The van der Waals surface area contributed by atoms with E-state index in [4.69, 9.17) is 0 Å². The lowest BCUT2D eigenvalue weighted by Crippen LogP contribution is -2.35. The molecule has 0 N–H and O–H groups in total. The SMILES string of the molecule is CN(CCc1ccncc1)c1ncc(C(=O)N2CCCCC2)cn1. The van der Waals surface area contributed by atoms with Crippen LogP contribution in [0.15, 0.2) is 36.9 Å². The minimum Gasteiger partial charge on any atom is -0.344 e. The summed E-state index contributed by atoms with van der Waals surface area (Å²) >= 11 is 0. The Bertz CT molecular complexity index is 653. The highest BCUT2D eigenvalue weighted by Crippen LogP contribution is 2.13. The molecular formula is C18H23N5O. The largest absolute Gasteiger partial charge is 0.344 e. The van der Waals surface area contributed by atoms with Gasteiger partial charge in [0.25, 0.3) is 5.91 Å². The van der Waals surface area contributed by atoms with Crippen molar-refractivity contribution in [2.24, 2.45) is 0 Å². The quantitative estimate of drug-likeness (QED) is 0.843. The van der Waals surface area contributed by atoms with E-state index >= 15 is 0 Å². The van der Waals surface area contributed by atoms with E-state index in [0.29, 0.717) is 11.5 Å². The number of likely N-dealkylation sites (N-methyl/N-ethyl adjacent to an activating group) is 1. The molecule has 1 amide bonds. The molecule has 6 heteroatoms. The van der Waals surface area contributed by atoms with Gasteiger partial charge in [-0.3, -0.25) is 9.78 Å². The number of likely N-dealkylation sites (tertiary alicyclic amines) is 1. The van der Waals surface area contributed by atoms with E-state index in [1.54, 1.807) is 24.8 Å². The van der Waals surface area contributed by atoms with E-state index in [-0.39, 0.29) is 5.91 Å². The maximum Gasteiger partial charge on any atom is 0.256 e. The first-order chi connectivity index (χ1) is 11.7. The van der Waals surface area contributed by atoms with Gasteiger partial charge in [0.2, 0.25) is 5.95 Å². The highest BCUT2D eigenvalue weighted by molar-refractivity contribution is 5.93. The number of rotatable bonds is 5. The third-order valence-corrected chi connectivity index (χ3v) is 4.36. The number of hydrogen-bond donors (Lipinski definition) is 0. The Morgan fingerprint density at radius 1 is 1.12 bits per heavy atom. The van der Waals surface area contributed by atoms with Crippen LogP contribution in [0, 0.1) is 0 Å². The van der Waals surface area contributed by atoms with Crippen molar-refractivity contribution in [3.8, 4) is 0 Å². The zero-order valence-electron chi connectivity index (χ0n) is 14.1. The van der Waals surface area contributed by atoms with Crippen molar-refractivity contribution in [2.45, 2.75) is 25.7 Å². The number of piperidine rings is 1. The molecule has 0 saturated carbocycles. The van der Waals surface area contributed by atoms with Crippen molar-refractivity contribution < 1.29 is 4.79 Å². The van der Waals surface area contributed by atoms with Crippen molar-refractivity contribution in [3.05, 3.63) is 48.0 Å². The van der Waals surface area contributed by atoms with Crippen LogP contribution in [0.25, 0.3) is 0 Å². The summed E-state index contributed by atoms with van der Waals surface area (Å²) in [6, 6.07) is 4.02. The summed E-state index contributed by atoms with van der Waals surface area (Å²) < 4.78 is 0. The lowest BCUT2D eigenvalue weighted by molar-refractivity contribution is 0.0723. The number of hydrogen-bond acceptors (Lipinski definition) is 5. The molecule has 1 saturated heterocycles. The number of carbonyl (C=O) groups excluding carboxylic acids is 1. The van der Waals surface area contributed by atoms with Crippen LogP contribution in [0.4, 0.5) is 5.95 Å². The van der Waals surface area contributed by atoms with Crippen molar-refractivity contribution in [2.75, 3.05) is 31.6 Å². The van der Waals surface area contributed by atoms with E-state index in [9.17, 15) is 4.79 Å². The summed E-state index contributed by atoms with van der Waals surface area (Å²) in [5.74, 6) is 0.680. The molecule has 6 nitrogen and oxygen atoms in total. The van der Waals surface area contributed by atoms with Gasteiger partial charge in [-0.15, -0.1) is 0 Å². The average molecular weight is 325 g/mol. The number of aromatic nitrogens is 3. The van der Waals surface area contributed by atoms with Crippen LogP contribution >= 0.6 is 0 Å². The molecule has 1 fully saturated rings. The van der Waals surface area contributed by atoms with Gasteiger partial charge in [-0.1, -0.05) is 0 Å². The Kier molecular flexibility index (Phi) is 5.36. The van der Waals surface area contributed by atoms with E-state index < -0.39 is 0 Å². The Labute approximate surface area is 142 Å². The Balaban J connectivity index is 1.58. The molecule has 0 bridgehead atoms. The van der Waals surface area contributed by atoms with Crippen LogP contribution in [0.3, 0.4) is 0 Å². The molecule has 0 atom stereocenters. The number of pyridine rings is 1. The lowest BCUT2D eigenvalue weighted by Gasteiger charge is -2.26. The van der Waals surface area contributed by atoms with Crippen molar-refractivity contribution in [1.82, 2.24) is 19.9 Å². The predicted octanol–water partition coefficient (Wildman–Crippen LogP) is 2.18. The summed E-state index contributed by atoms with van der Waals surface area (Å²) in [4.78, 5) is 29.1. The number of anilines is 1. The standard InChI is InChI=1S/C18H23N5O/c1-22(12-7-15-5-8-19-9-6-15)18-20-13-16(14-21-18)17(24)23-10-3-2-4-11-23/h5-6,8-9,13-14H,2-4,7,10-12H2,1H3. The summed E-state index contributed by atoms with van der Waals surface area (Å²) in [5, 5.41) is 0. The second-order valence-corrected chi connectivity index (χ2v) is 6.15. The molecule has 126 valence electrons. The number of carbonyl (C=O) groups is 1. The zero-order valence-corrected chi connectivity index (χ0v) is 14.1. The van der Waals surface area contributed by atoms with E-state index in [2.05, 4.69) is 15.0 Å². The van der Waals surface area contributed by atoms with Gasteiger partial charge in [0, 0.05) is 51.5 Å². The van der Waals surface area contributed by atoms with Gasteiger partial charge >= 0.3 is 0 Å². The van der Waals surface area contributed by atoms with Gasteiger partial charge in [-0.25, -0.2) is 9.97 Å². The third-order valence-electron chi connectivity index (χ3n) is 4.36. The Hall–Kier alpha value is -2.50. The first kappa shape index (κ1) is 16.4. The van der Waals surface area contributed by atoms with Crippen molar-refractivity contribution in [1.29, 1.82) is 0 Å². The monoisotopic (exact) mass is 325 g/mol. The fraction of sp³-hybridized carbons (Fsp3) is 0.444. The first-order valence-electron chi connectivity index (χ1n) is 8.45. The Morgan fingerprint density at radius 2 is 1.79 bits per heavy atom. The molecule has 0 aliphatic carbocycles. The van der Waals surface area contributed by atoms with E-state index in [1.807, 2.05) is 29.0 Å². The molecule has 0 radical (unpaired) electrons. The molecule has 3 heterocycles. The van der Waals surface area contributed by atoms with Gasteiger partial charge in [0.15, 0.2) is 0 Å². The predicted molar refractivity (Wildman–Crippen MR) is 93.0 cm³/mol. The van der Waals surface area contributed by atoms with Crippen LogP contribution < -0.4 is 4.90 Å². The lowest BCUT2D eigenvalue weighted by atomic mass is 10.1. The van der Waals surface area contributed by atoms with Crippen molar-refractivity contribution >= 4 is 11.9 Å². The smallest absolute Gasteiger partial charge is 0.256 e. The van der Waals surface area contributed by atoms with Gasteiger partial charge in [-0.2, -0.15) is 0 Å². The fourth-order valence-corrected chi connectivity index (χ4v) is 2.85. The highest BCUT2D eigenvalue weighted by Gasteiger charge is 2.19. The summed E-state index contributed by atoms with van der Waals surface area (Å²) in [7, 11) is 1.96. The van der Waals surface area contributed by atoms with Crippen LogP contribution in [-0.4, -0.2) is 52.4 Å². The summed E-state index contributed by atoms with van der Waals surface area (Å²) in [6.45, 7) is 2.49. The zero-order chi connectivity index (χ0) is 16.8. The molecule has 3 rings (SSSR count). The third kappa shape index (κ3) is 4.07. The molecule has 0 unspecified atom stereocenters. The molecule has 1 aliphatic heterocycles. The van der Waals surface area contributed by atoms with Gasteiger partial charge in [0.1, 0.15) is 0 Å².